The van der Waals surface area contributed by atoms with Gasteiger partial charge in [0.2, 0.25) is 5.91 Å². The minimum absolute atomic E-state index is 0.00546. The highest BCUT2D eigenvalue weighted by Crippen LogP contribution is 2.13. The predicted molar refractivity (Wildman–Crippen MR) is 97.1 cm³/mol. The first-order valence-corrected chi connectivity index (χ1v) is 9.04. The van der Waals surface area contributed by atoms with Crippen molar-refractivity contribution in [3.8, 4) is 0 Å². The molecular weight excluding hydrogens is 310 g/mol. The molecule has 0 aliphatic carbocycles. The van der Waals surface area contributed by atoms with Crippen LogP contribution < -0.4 is 10.6 Å². The summed E-state index contributed by atoms with van der Waals surface area (Å²) in [6.07, 6.45) is 6.04. The van der Waals surface area contributed by atoms with Crippen molar-refractivity contribution in [3.63, 3.8) is 0 Å². The summed E-state index contributed by atoms with van der Waals surface area (Å²) in [4.78, 5) is 23.3. The molecule has 6 nitrogen and oxygen atoms in total. The first-order chi connectivity index (χ1) is 11.1. The molecule has 23 heavy (non-hydrogen) atoms. The number of nitrogens with zero attached hydrogens (tertiary/aromatic N) is 3. The smallest absolute Gasteiger partial charge is 0.243 e. The third kappa shape index (κ3) is 7.97. The maximum Gasteiger partial charge on any atom is 0.243 e. The SMILES string of the molecule is CCCCNC(=NCC(=O)N(C)C)NCCc1ncc(CC)s1. The predicted octanol–water partition coefficient (Wildman–Crippen LogP) is 1.67. The molecule has 0 radical (unpaired) electrons. The summed E-state index contributed by atoms with van der Waals surface area (Å²) in [7, 11) is 3.48. The second kappa shape index (κ2) is 11.0. The van der Waals surface area contributed by atoms with Crippen molar-refractivity contribution >= 4 is 23.2 Å². The summed E-state index contributed by atoms with van der Waals surface area (Å²) in [5.74, 6) is 0.690. The topological polar surface area (TPSA) is 69.6 Å². The fourth-order valence-electron chi connectivity index (χ4n) is 1.76. The summed E-state index contributed by atoms with van der Waals surface area (Å²) in [5, 5.41) is 7.68. The molecule has 0 bridgehead atoms. The van der Waals surface area contributed by atoms with Crippen molar-refractivity contribution in [3.05, 3.63) is 16.1 Å². The second-order valence-corrected chi connectivity index (χ2v) is 6.68. The lowest BCUT2D eigenvalue weighted by atomic mass is 10.3. The van der Waals surface area contributed by atoms with E-state index >= 15 is 0 Å². The van der Waals surface area contributed by atoms with Gasteiger partial charge in [-0.3, -0.25) is 4.79 Å². The Morgan fingerprint density at radius 2 is 2.04 bits per heavy atom. The van der Waals surface area contributed by atoms with Crippen molar-refractivity contribution in [1.82, 2.24) is 20.5 Å². The van der Waals surface area contributed by atoms with Crippen LogP contribution in [-0.2, 0) is 17.6 Å². The van der Waals surface area contributed by atoms with Gasteiger partial charge in [-0.2, -0.15) is 0 Å². The molecule has 1 heterocycles. The molecule has 7 heteroatoms. The van der Waals surface area contributed by atoms with E-state index in [1.54, 1.807) is 30.3 Å². The second-order valence-electron chi connectivity index (χ2n) is 5.48. The maximum atomic E-state index is 11.7. The van der Waals surface area contributed by atoms with E-state index in [9.17, 15) is 4.79 Å². The zero-order chi connectivity index (χ0) is 17.1. The number of aryl methyl sites for hydroxylation is 1. The minimum atomic E-state index is -0.00546. The van der Waals surface area contributed by atoms with Crippen LogP contribution in [0.3, 0.4) is 0 Å². The van der Waals surface area contributed by atoms with Crippen LogP contribution in [0, 0.1) is 0 Å². The minimum Gasteiger partial charge on any atom is -0.356 e. The molecule has 0 unspecified atom stereocenters. The van der Waals surface area contributed by atoms with Crippen LogP contribution in [0.25, 0.3) is 0 Å². The highest BCUT2D eigenvalue weighted by Gasteiger charge is 2.05. The van der Waals surface area contributed by atoms with Gasteiger partial charge < -0.3 is 15.5 Å². The number of carbonyl (C=O) groups is 1. The van der Waals surface area contributed by atoms with Crippen molar-refractivity contribution in [2.75, 3.05) is 33.7 Å². The molecule has 1 aromatic heterocycles. The zero-order valence-corrected chi connectivity index (χ0v) is 15.5. The third-order valence-corrected chi connectivity index (χ3v) is 4.48. The number of rotatable bonds is 9. The van der Waals surface area contributed by atoms with Crippen LogP contribution in [-0.4, -0.2) is 55.5 Å². The average molecular weight is 340 g/mol. The van der Waals surface area contributed by atoms with Crippen molar-refractivity contribution in [2.24, 2.45) is 4.99 Å². The third-order valence-electron chi connectivity index (χ3n) is 3.28. The van der Waals surface area contributed by atoms with Gasteiger partial charge in [-0.25, -0.2) is 9.98 Å². The molecule has 0 aromatic carbocycles. The number of amides is 1. The Bertz CT molecular complexity index is 498. The van der Waals surface area contributed by atoms with Gasteiger partial charge in [0.15, 0.2) is 5.96 Å². The Labute approximate surface area is 143 Å². The van der Waals surface area contributed by atoms with E-state index in [2.05, 4.69) is 34.5 Å². The van der Waals surface area contributed by atoms with Crippen LogP contribution in [0.1, 0.15) is 36.6 Å². The van der Waals surface area contributed by atoms with Crippen LogP contribution in [0.4, 0.5) is 0 Å². The van der Waals surface area contributed by atoms with E-state index in [1.807, 2.05) is 6.20 Å². The van der Waals surface area contributed by atoms with Crippen molar-refractivity contribution in [2.45, 2.75) is 39.5 Å². The number of unbranched alkanes of at least 4 members (excludes halogenated alkanes) is 1. The Hall–Kier alpha value is -1.63. The van der Waals surface area contributed by atoms with Crippen molar-refractivity contribution in [1.29, 1.82) is 0 Å². The van der Waals surface area contributed by atoms with Crippen LogP contribution in [0.5, 0.6) is 0 Å². The molecule has 0 spiro atoms. The molecule has 0 atom stereocenters. The Balaban J connectivity index is 2.47. The number of hydrogen-bond acceptors (Lipinski definition) is 4. The average Bonchev–Trinajstić information content (AvgIpc) is 2.99. The number of aliphatic imine (C=N–C) groups is 1. The number of likely N-dealkylation sites (N-methyl/N-ethyl adjacent to an activating group) is 1. The van der Waals surface area contributed by atoms with E-state index < -0.39 is 0 Å². The van der Waals surface area contributed by atoms with Gasteiger partial charge in [0.05, 0.1) is 5.01 Å². The number of guanidine groups is 1. The summed E-state index contributed by atoms with van der Waals surface area (Å²) in [6, 6.07) is 0. The first kappa shape index (κ1) is 19.4. The van der Waals surface area contributed by atoms with Gasteiger partial charge in [-0.1, -0.05) is 20.3 Å². The Morgan fingerprint density at radius 1 is 1.30 bits per heavy atom. The van der Waals surface area contributed by atoms with Crippen molar-refractivity contribution < 1.29 is 4.79 Å². The Kier molecular flexibility index (Phi) is 9.28. The van der Waals surface area contributed by atoms with Gasteiger partial charge in [-0.05, 0) is 12.8 Å². The maximum absolute atomic E-state index is 11.7. The molecule has 2 N–H and O–H groups in total. The standard InChI is InChI=1S/C16H29N5OS/c1-5-7-9-17-16(20-12-15(22)21(3)4)18-10-8-14-19-11-13(6-2)23-14/h11H,5-10,12H2,1-4H3,(H2,17,18,20). The number of aromatic nitrogens is 1. The largest absolute Gasteiger partial charge is 0.356 e. The summed E-state index contributed by atoms with van der Waals surface area (Å²) < 4.78 is 0. The molecule has 0 saturated heterocycles. The Morgan fingerprint density at radius 3 is 2.65 bits per heavy atom. The van der Waals surface area contributed by atoms with E-state index in [-0.39, 0.29) is 12.5 Å². The molecular formula is C16H29N5OS. The van der Waals surface area contributed by atoms with E-state index in [0.29, 0.717) is 5.96 Å². The fourth-order valence-corrected chi connectivity index (χ4v) is 2.62. The molecule has 0 aliphatic heterocycles. The van der Waals surface area contributed by atoms with Gasteiger partial charge in [0.1, 0.15) is 6.54 Å². The highest BCUT2D eigenvalue weighted by molar-refractivity contribution is 7.11. The monoisotopic (exact) mass is 339 g/mol. The molecule has 1 rings (SSSR count). The number of carbonyl (C=O) groups excluding carboxylic acids is 1. The van der Waals surface area contributed by atoms with Crippen LogP contribution >= 0.6 is 11.3 Å². The molecule has 130 valence electrons. The number of thiazole rings is 1. The highest BCUT2D eigenvalue weighted by atomic mass is 32.1. The molecule has 0 aliphatic rings. The van der Waals surface area contributed by atoms with Gasteiger partial charge in [-0.15, -0.1) is 11.3 Å². The summed E-state index contributed by atoms with van der Waals surface area (Å²) in [6.45, 7) is 6.06. The molecule has 1 aromatic rings. The van der Waals surface area contributed by atoms with Crippen LogP contribution in [0.15, 0.2) is 11.2 Å². The lowest BCUT2D eigenvalue weighted by molar-refractivity contribution is -0.127. The normalized spacial score (nSPS) is 11.4. The lowest BCUT2D eigenvalue weighted by Crippen LogP contribution is -2.39. The molecule has 0 saturated carbocycles. The number of hydrogen-bond donors (Lipinski definition) is 2. The van der Waals surface area contributed by atoms with E-state index in [0.717, 1.165) is 43.8 Å². The summed E-state index contributed by atoms with van der Waals surface area (Å²) >= 11 is 1.76. The summed E-state index contributed by atoms with van der Waals surface area (Å²) in [5.41, 5.74) is 0. The van der Waals surface area contributed by atoms with Gasteiger partial charge >= 0.3 is 0 Å². The molecule has 1 amide bonds. The lowest BCUT2D eigenvalue weighted by Gasteiger charge is -2.13. The molecule has 0 fully saturated rings. The van der Waals surface area contributed by atoms with E-state index in [1.165, 1.54) is 4.88 Å². The van der Waals surface area contributed by atoms with Crippen LogP contribution in [0.2, 0.25) is 0 Å². The quantitative estimate of drug-likeness (QED) is 0.408. The van der Waals surface area contributed by atoms with Gasteiger partial charge in [0.25, 0.3) is 0 Å². The first-order valence-electron chi connectivity index (χ1n) is 8.22. The fraction of sp³-hybridized carbons (Fsp3) is 0.688. The van der Waals surface area contributed by atoms with Gasteiger partial charge in [0, 0.05) is 44.7 Å². The zero-order valence-electron chi connectivity index (χ0n) is 14.7. The number of nitrogens with one attached hydrogen (secondary N) is 2. The van der Waals surface area contributed by atoms with E-state index in [4.69, 9.17) is 0 Å².